The highest BCUT2D eigenvalue weighted by Gasteiger charge is 2.18. The average Bonchev–Trinajstić information content (AvgIpc) is 2.56. The van der Waals surface area contributed by atoms with Gasteiger partial charge < -0.3 is 14.8 Å². The number of nitrogens with one attached hydrogen (secondary N) is 1. The molecule has 1 aliphatic rings. The number of carbonyl (C=O) groups is 1. The Labute approximate surface area is 136 Å². The lowest BCUT2D eigenvalue weighted by molar-refractivity contribution is -0.115. The smallest absolute Gasteiger partial charge is 0.228 e. The van der Waals surface area contributed by atoms with Gasteiger partial charge in [-0.25, -0.2) is 13.2 Å². The average molecular weight is 337 g/mol. The fraction of sp³-hybridized carbons (Fsp3) is 0.235. The predicted octanol–water partition coefficient (Wildman–Crippen LogP) is 3.36. The van der Waals surface area contributed by atoms with Crippen molar-refractivity contribution in [1.82, 2.24) is 0 Å². The third-order valence-corrected chi connectivity index (χ3v) is 3.66. The minimum Gasteiger partial charge on any atom is -0.486 e. The highest BCUT2D eigenvalue weighted by Crippen LogP contribution is 2.33. The van der Waals surface area contributed by atoms with E-state index in [0.717, 1.165) is 17.7 Å². The Bertz CT molecular complexity index is 808. The van der Waals surface area contributed by atoms with Crippen molar-refractivity contribution in [3.05, 3.63) is 52.8 Å². The number of benzene rings is 2. The summed E-state index contributed by atoms with van der Waals surface area (Å²) < 4.78 is 50.6. The number of halogens is 3. The van der Waals surface area contributed by atoms with Crippen molar-refractivity contribution in [2.24, 2.45) is 0 Å². The molecule has 0 saturated carbocycles. The van der Waals surface area contributed by atoms with E-state index in [2.05, 4.69) is 5.32 Å². The number of rotatable bonds is 3. The maximum atomic E-state index is 13.6. The highest BCUT2D eigenvalue weighted by molar-refractivity contribution is 5.92. The molecule has 0 radical (unpaired) electrons. The lowest BCUT2D eigenvalue weighted by Crippen LogP contribution is -2.18. The Kier molecular flexibility index (Phi) is 4.33. The first-order valence-corrected chi connectivity index (χ1v) is 7.28. The van der Waals surface area contributed by atoms with Crippen LogP contribution in [0.4, 0.5) is 18.9 Å². The normalized spacial score (nSPS) is 12.8. The molecule has 0 unspecified atom stereocenters. The van der Waals surface area contributed by atoms with E-state index < -0.39 is 29.0 Å². The van der Waals surface area contributed by atoms with Crippen LogP contribution >= 0.6 is 0 Å². The lowest BCUT2D eigenvalue weighted by Gasteiger charge is -2.20. The molecule has 0 fully saturated rings. The van der Waals surface area contributed by atoms with Crippen LogP contribution in [-0.4, -0.2) is 19.1 Å². The number of carbonyl (C=O) groups excluding carboxylic acids is 1. The van der Waals surface area contributed by atoms with E-state index in [1.165, 1.54) is 0 Å². The molecule has 7 heteroatoms. The molecule has 2 aromatic rings. The third-order valence-electron chi connectivity index (χ3n) is 3.66. The monoisotopic (exact) mass is 337 g/mol. The predicted molar refractivity (Wildman–Crippen MR) is 80.8 cm³/mol. The number of ether oxygens (including phenoxy) is 2. The van der Waals surface area contributed by atoms with Crippen LogP contribution in [-0.2, 0) is 11.2 Å². The SMILES string of the molecule is Cc1cc2c(cc1CC(=O)Nc1ccc(F)c(F)c1F)OCCO2. The number of fused-ring (bicyclic) bond motifs is 1. The molecule has 3 rings (SSSR count). The van der Waals surface area contributed by atoms with Crippen LogP contribution in [0.3, 0.4) is 0 Å². The molecule has 1 aliphatic heterocycles. The van der Waals surface area contributed by atoms with Gasteiger partial charge in [0.1, 0.15) is 13.2 Å². The van der Waals surface area contributed by atoms with Gasteiger partial charge in [0.25, 0.3) is 0 Å². The molecule has 2 aromatic carbocycles. The zero-order chi connectivity index (χ0) is 17.3. The fourth-order valence-electron chi connectivity index (χ4n) is 2.41. The van der Waals surface area contributed by atoms with Crippen LogP contribution in [0.2, 0.25) is 0 Å². The number of anilines is 1. The van der Waals surface area contributed by atoms with Gasteiger partial charge in [0, 0.05) is 0 Å². The Balaban J connectivity index is 1.77. The quantitative estimate of drug-likeness (QED) is 0.874. The molecule has 0 bridgehead atoms. The topological polar surface area (TPSA) is 47.6 Å². The summed E-state index contributed by atoms with van der Waals surface area (Å²) in [5.74, 6) is -3.78. The first-order chi connectivity index (χ1) is 11.5. The molecular formula is C17H14F3NO3. The second-order valence-corrected chi connectivity index (χ2v) is 5.37. The van der Waals surface area contributed by atoms with Crippen molar-refractivity contribution in [2.75, 3.05) is 18.5 Å². The summed E-state index contributed by atoms with van der Waals surface area (Å²) in [5, 5.41) is 2.24. The van der Waals surface area contributed by atoms with E-state index in [4.69, 9.17) is 9.47 Å². The minimum atomic E-state index is -1.62. The maximum absolute atomic E-state index is 13.6. The Hall–Kier alpha value is -2.70. The van der Waals surface area contributed by atoms with E-state index in [1.807, 2.05) is 0 Å². The molecule has 24 heavy (non-hydrogen) atoms. The third kappa shape index (κ3) is 3.15. The Morgan fingerprint density at radius 3 is 2.46 bits per heavy atom. The summed E-state index contributed by atoms with van der Waals surface area (Å²) in [7, 11) is 0. The first-order valence-electron chi connectivity index (χ1n) is 7.28. The number of amides is 1. The van der Waals surface area contributed by atoms with Gasteiger partial charge in [0.2, 0.25) is 5.91 Å². The largest absolute Gasteiger partial charge is 0.486 e. The second-order valence-electron chi connectivity index (χ2n) is 5.37. The van der Waals surface area contributed by atoms with Gasteiger partial charge in [0.05, 0.1) is 12.1 Å². The zero-order valence-electron chi connectivity index (χ0n) is 12.8. The van der Waals surface area contributed by atoms with Crippen LogP contribution in [0, 0.1) is 24.4 Å². The molecule has 0 atom stereocenters. The second kappa shape index (κ2) is 6.43. The van der Waals surface area contributed by atoms with E-state index in [0.29, 0.717) is 30.3 Å². The first kappa shape index (κ1) is 16.2. The van der Waals surface area contributed by atoms with Gasteiger partial charge in [-0.3, -0.25) is 4.79 Å². The van der Waals surface area contributed by atoms with Gasteiger partial charge in [-0.15, -0.1) is 0 Å². The fourth-order valence-corrected chi connectivity index (χ4v) is 2.41. The Morgan fingerprint density at radius 1 is 1.08 bits per heavy atom. The summed E-state index contributed by atoms with van der Waals surface area (Å²) in [4.78, 5) is 12.1. The molecular weight excluding hydrogens is 323 g/mol. The van der Waals surface area contributed by atoms with Crippen LogP contribution < -0.4 is 14.8 Å². The minimum absolute atomic E-state index is 0.0685. The standard InChI is InChI=1S/C17H14F3NO3/c1-9-6-13-14(24-5-4-23-13)7-10(9)8-15(22)21-12-3-2-11(18)16(19)17(12)20/h2-3,6-7H,4-5,8H2,1H3,(H,21,22). The molecule has 0 spiro atoms. The molecule has 1 N–H and O–H groups in total. The number of hydrogen-bond acceptors (Lipinski definition) is 3. The number of aryl methyl sites for hydroxylation is 1. The summed E-state index contributed by atoms with van der Waals surface area (Å²) in [6.45, 7) is 2.68. The highest BCUT2D eigenvalue weighted by atomic mass is 19.2. The van der Waals surface area contributed by atoms with Crippen molar-refractivity contribution in [3.8, 4) is 11.5 Å². The van der Waals surface area contributed by atoms with Crippen LogP contribution in [0.25, 0.3) is 0 Å². The van der Waals surface area contributed by atoms with E-state index in [-0.39, 0.29) is 6.42 Å². The van der Waals surface area contributed by atoms with Gasteiger partial charge >= 0.3 is 0 Å². The van der Waals surface area contributed by atoms with Gasteiger partial charge in [0.15, 0.2) is 29.0 Å². The van der Waals surface area contributed by atoms with E-state index in [9.17, 15) is 18.0 Å². The maximum Gasteiger partial charge on any atom is 0.228 e. The summed E-state index contributed by atoms with van der Waals surface area (Å²) in [5.41, 5.74) is 1.06. The van der Waals surface area contributed by atoms with Gasteiger partial charge in [-0.05, 0) is 42.3 Å². The molecule has 126 valence electrons. The number of hydrogen-bond donors (Lipinski definition) is 1. The molecule has 0 aromatic heterocycles. The van der Waals surface area contributed by atoms with Crippen molar-refractivity contribution >= 4 is 11.6 Å². The summed E-state index contributed by atoms with van der Waals surface area (Å²) >= 11 is 0. The lowest BCUT2D eigenvalue weighted by atomic mass is 10.0. The Morgan fingerprint density at radius 2 is 1.75 bits per heavy atom. The van der Waals surface area contributed by atoms with Crippen LogP contribution in [0.5, 0.6) is 11.5 Å². The summed E-state index contributed by atoms with van der Waals surface area (Å²) in [6, 6.07) is 5.17. The van der Waals surface area contributed by atoms with E-state index >= 15 is 0 Å². The van der Waals surface area contributed by atoms with Crippen molar-refractivity contribution in [2.45, 2.75) is 13.3 Å². The molecule has 1 amide bonds. The summed E-state index contributed by atoms with van der Waals surface area (Å²) in [6.07, 6.45) is -0.0685. The molecule has 4 nitrogen and oxygen atoms in total. The van der Waals surface area contributed by atoms with E-state index in [1.54, 1.807) is 19.1 Å². The van der Waals surface area contributed by atoms with Gasteiger partial charge in [-0.1, -0.05) is 0 Å². The molecule has 0 aliphatic carbocycles. The van der Waals surface area contributed by atoms with Crippen LogP contribution in [0.15, 0.2) is 24.3 Å². The van der Waals surface area contributed by atoms with Crippen molar-refractivity contribution in [1.29, 1.82) is 0 Å². The zero-order valence-corrected chi connectivity index (χ0v) is 12.8. The van der Waals surface area contributed by atoms with Gasteiger partial charge in [-0.2, -0.15) is 0 Å². The van der Waals surface area contributed by atoms with Crippen molar-refractivity contribution in [3.63, 3.8) is 0 Å². The molecule has 0 saturated heterocycles. The van der Waals surface area contributed by atoms with Crippen LogP contribution in [0.1, 0.15) is 11.1 Å². The molecule has 1 heterocycles. The van der Waals surface area contributed by atoms with Crippen molar-refractivity contribution < 1.29 is 27.4 Å².